The van der Waals surface area contributed by atoms with Gasteiger partial charge in [0, 0.05) is 18.5 Å². The number of hydrogen-bond acceptors (Lipinski definition) is 4. The summed E-state index contributed by atoms with van der Waals surface area (Å²) < 4.78 is 5.34. The van der Waals surface area contributed by atoms with Crippen LogP contribution in [0.1, 0.15) is 30.4 Å². The molecule has 29 heavy (non-hydrogen) atoms. The Labute approximate surface area is 172 Å². The topological polar surface area (TPSA) is 46.6 Å². The molecule has 0 aromatic heterocycles. The number of allylic oxidation sites excluding steroid dienone is 1. The van der Waals surface area contributed by atoms with Crippen molar-refractivity contribution in [2.24, 2.45) is 5.92 Å². The van der Waals surface area contributed by atoms with Crippen molar-refractivity contribution in [2.45, 2.75) is 19.3 Å². The quantitative estimate of drug-likeness (QED) is 0.411. The van der Waals surface area contributed by atoms with Gasteiger partial charge in [-0.2, -0.15) is 0 Å². The highest BCUT2D eigenvalue weighted by atomic mass is 16.5. The summed E-state index contributed by atoms with van der Waals surface area (Å²) in [5.74, 6) is 0.400. The van der Waals surface area contributed by atoms with Gasteiger partial charge in [0.1, 0.15) is 5.75 Å². The van der Waals surface area contributed by atoms with Crippen LogP contribution in [0.5, 0.6) is 5.75 Å². The monoisotopic (exact) mass is 389 g/mol. The van der Waals surface area contributed by atoms with Crippen LogP contribution in [0.2, 0.25) is 0 Å². The number of nitrogens with zero attached hydrogens (tertiary/aromatic N) is 1. The molecule has 0 aliphatic heterocycles. The molecular weight excluding hydrogens is 362 g/mol. The van der Waals surface area contributed by atoms with Crippen molar-refractivity contribution in [2.75, 3.05) is 20.6 Å². The van der Waals surface area contributed by atoms with Crippen molar-refractivity contribution >= 4 is 23.9 Å². The van der Waals surface area contributed by atoms with Crippen LogP contribution < -0.4 is 4.74 Å². The first-order chi connectivity index (χ1) is 14.0. The average molecular weight is 389 g/mol. The maximum Gasteiger partial charge on any atom is 0.336 e. The number of hydrogen-bond donors (Lipinski definition) is 0. The summed E-state index contributed by atoms with van der Waals surface area (Å²) in [6.45, 7) is 0.793. The first kappa shape index (κ1) is 20.7. The smallest absolute Gasteiger partial charge is 0.336 e. The summed E-state index contributed by atoms with van der Waals surface area (Å²) in [4.78, 5) is 26.8. The van der Waals surface area contributed by atoms with Gasteiger partial charge in [0.2, 0.25) is 0 Å². The fourth-order valence-corrected chi connectivity index (χ4v) is 3.53. The molecule has 0 heterocycles. The third-order valence-corrected chi connectivity index (χ3v) is 4.92. The van der Waals surface area contributed by atoms with Gasteiger partial charge in [-0.05, 0) is 74.3 Å². The molecule has 1 atom stereocenters. The van der Waals surface area contributed by atoms with E-state index in [1.807, 2.05) is 62.6 Å². The molecular formula is C25H27NO3. The van der Waals surface area contributed by atoms with E-state index in [4.69, 9.17) is 4.74 Å². The molecule has 0 amide bonds. The van der Waals surface area contributed by atoms with Gasteiger partial charge in [-0.1, -0.05) is 42.5 Å². The van der Waals surface area contributed by atoms with Crippen LogP contribution in [-0.2, 0) is 9.59 Å². The summed E-state index contributed by atoms with van der Waals surface area (Å²) in [6.07, 6.45) is 7.92. The minimum Gasteiger partial charge on any atom is -0.423 e. The Balaban J connectivity index is 1.61. The summed E-state index contributed by atoms with van der Waals surface area (Å²) in [6, 6.07) is 16.9. The van der Waals surface area contributed by atoms with Crippen molar-refractivity contribution < 1.29 is 14.3 Å². The van der Waals surface area contributed by atoms with Crippen molar-refractivity contribution in [1.82, 2.24) is 4.90 Å². The molecule has 3 rings (SSSR count). The van der Waals surface area contributed by atoms with Gasteiger partial charge >= 0.3 is 5.97 Å². The first-order valence-electron chi connectivity index (χ1n) is 9.96. The van der Waals surface area contributed by atoms with E-state index in [-0.39, 0.29) is 11.7 Å². The lowest BCUT2D eigenvalue weighted by molar-refractivity contribution is -0.129. The van der Waals surface area contributed by atoms with Crippen LogP contribution >= 0.6 is 0 Å². The number of ketones is 1. The Bertz CT molecular complexity index is 895. The average Bonchev–Trinajstić information content (AvgIpc) is 2.71. The molecule has 4 heteroatoms. The SMILES string of the molecule is CN(C)CC1CCC/C(=C\c2ccc(OC(=O)/C=C/c3ccccc3)cc2)C1=O. The van der Waals surface area contributed by atoms with E-state index in [9.17, 15) is 9.59 Å². The fourth-order valence-electron chi connectivity index (χ4n) is 3.53. The van der Waals surface area contributed by atoms with Crippen LogP contribution in [0.15, 0.2) is 66.2 Å². The Kier molecular flexibility index (Phi) is 7.14. The van der Waals surface area contributed by atoms with E-state index in [1.165, 1.54) is 6.08 Å². The van der Waals surface area contributed by atoms with Gasteiger partial charge < -0.3 is 9.64 Å². The molecule has 0 radical (unpaired) electrons. The van der Waals surface area contributed by atoms with Crippen LogP contribution in [0.3, 0.4) is 0 Å². The molecule has 0 saturated heterocycles. The number of carbonyl (C=O) groups is 2. The number of esters is 1. The molecule has 1 unspecified atom stereocenters. The number of ether oxygens (including phenoxy) is 1. The molecule has 1 aliphatic carbocycles. The molecule has 0 spiro atoms. The number of benzene rings is 2. The zero-order chi connectivity index (χ0) is 20.6. The van der Waals surface area contributed by atoms with Crippen LogP contribution in [0, 0.1) is 5.92 Å². The van der Waals surface area contributed by atoms with E-state index >= 15 is 0 Å². The second-order valence-electron chi connectivity index (χ2n) is 7.62. The summed E-state index contributed by atoms with van der Waals surface area (Å²) in [5.41, 5.74) is 2.77. The Morgan fingerprint density at radius 2 is 1.79 bits per heavy atom. The normalized spacial score (nSPS) is 18.5. The molecule has 0 N–H and O–H groups in total. The van der Waals surface area contributed by atoms with E-state index in [2.05, 4.69) is 4.90 Å². The van der Waals surface area contributed by atoms with Crippen LogP contribution in [0.4, 0.5) is 0 Å². The number of Topliss-reactive ketones (excluding diaryl/α,β-unsaturated/α-hetero) is 1. The first-order valence-corrected chi connectivity index (χ1v) is 9.96. The van der Waals surface area contributed by atoms with Gasteiger partial charge in [0.05, 0.1) is 0 Å². The molecule has 2 aromatic carbocycles. The van der Waals surface area contributed by atoms with Crippen molar-refractivity contribution in [3.63, 3.8) is 0 Å². The summed E-state index contributed by atoms with van der Waals surface area (Å²) in [7, 11) is 4.00. The van der Waals surface area contributed by atoms with Crippen molar-refractivity contribution in [1.29, 1.82) is 0 Å². The van der Waals surface area contributed by atoms with Crippen molar-refractivity contribution in [3.05, 3.63) is 77.4 Å². The van der Waals surface area contributed by atoms with Gasteiger partial charge in [-0.15, -0.1) is 0 Å². The number of rotatable bonds is 6. The lowest BCUT2D eigenvalue weighted by Crippen LogP contribution is -2.31. The van der Waals surface area contributed by atoms with Gasteiger partial charge in [-0.3, -0.25) is 4.79 Å². The molecule has 2 aromatic rings. The van der Waals surface area contributed by atoms with E-state index < -0.39 is 5.97 Å². The molecule has 4 nitrogen and oxygen atoms in total. The molecule has 1 fully saturated rings. The van der Waals surface area contributed by atoms with Gasteiger partial charge in [-0.25, -0.2) is 4.79 Å². The molecule has 1 aliphatic rings. The molecule has 0 bridgehead atoms. The lowest BCUT2D eigenvalue weighted by Gasteiger charge is -2.25. The maximum absolute atomic E-state index is 12.7. The second kappa shape index (κ2) is 9.99. The van der Waals surface area contributed by atoms with E-state index in [0.717, 1.165) is 42.5 Å². The Hall–Kier alpha value is -2.98. The highest BCUT2D eigenvalue weighted by molar-refractivity contribution is 6.01. The third kappa shape index (κ3) is 6.26. The van der Waals surface area contributed by atoms with Gasteiger partial charge in [0.25, 0.3) is 0 Å². The summed E-state index contributed by atoms with van der Waals surface area (Å²) in [5, 5.41) is 0. The predicted molar refractivity (Wildman–Crippen MR) is 116 cm³/mol. The maximum atomic E-state index is 12.7. The Morgan fingerprint density at radius 3 is 2.48 bits per heavy atom. The second-order valence-corrected chi connectivity index (χ2v) is 7.62. The minimum atomic E-state index is -0.422. The van der Waals surface area contributed by atoms with E-state index in [0.29, 0.717) is 5.75 Å². The zero-order valence-corrected chi connectivity index (χ0v) is 17.0. The summed E-state index contributed by atoms with van der Waals surface area (Å²) >= 11 is 0. The standard InChI is InChI=1S/C25H27NO3/c1-26(2)18-22-10-6-9-21(25(22)28)17-20-11-14-23(15-12-20)29-24(27)16-13-19-7-4-3-5-8-19/h3-5,7-8,11-17,22H,6,9-10,18H2,1-2H3/b16-13+,21-17+. The van der Waals surface area contributed by atoms with Crippen molar-refractivity contribution in [3.8, 4) is 5.75 Å². The number of carbonyl (C=O) groups excluding carboxylic acids is 2. The largest absolute Gasteiger partial charge is 0.423 e. The van der Waals surface area contributed by atoms with Crippen LogP contribution in [0.25, 0.3) is 12.2 Å². The highest BCUT2D eigenvalue weighted by Crippen LogP contribution is 2.27. The van der Waals surface area contributed by atoms with E-state index in [1.54, 1.807) is 18.2 Å². The Morgan fingerprint density at radius 1 is 1.07 bits per heavy atom. The third-order valence-electron chi connectivity index (χ3n) is 4.92. The van der Waals surface area contributed by atoms with Gasteiger partial charge in [0.15, 0.2) is 5.78 Å². The fraction of sp³-hybridized carbons (Fsp3) is 0.280. The lowest BCUT2D eigenvalue weighted by atomic mass is 9.83. The molecule has 1 saturated carbocycles. The molecule has 150 valence electrons. The van der Waals surface area contributed by atoms with Crippen LogP contribution in [-0.4, -0.2) is 37.3 Å². The predicted octanol–water partition coefficient (Wildman–Crippen LogP) is 4.62. The zero-order valence-electron chi connectivity index (χ0n) is 17.0. The minimum absolute atomic E-state index is 0.0848. The highest BCUT2D eigenvalue weighted by Gasteiger charge is 2.26.